The van der Waals surface area contributed by atoms with Gasteiger partial charge in [-0.15, -0.1) is 0 Å². The van der Waals surface area contributed by atoms with E-state index in [9.17, 15) is 18.0 Å². The molecule has 16 heavy (non-hydrogen) atoms. The molecule has 96 valence electrons. The fourth-order valence-corrected chi connectivity index (χ4v) is 0.931. The highest BCUT2D eigenvalue weighted by Crippen LogP contribution is 2.14. The van der Waals surface area contributed by atoms with Crippen molar-refractivity contribution in [3.05, 3.63) is 0 Å². The van der Waals surface area contributed by atoms with Crippen LogP contribution in [0.5, 0.6) is 0 Å². The van der Waals surface area contributed by atoms with Gasteiger partial charge >= 0.3 is 12.3 Å². The quantitative estimate of drug-likeness (QED) is 0.698. The second-order valence-electron chi connectivity index (χ2n) is 3.55. The van der Waals surface area contributed by atoms with Gasteiger partial charge in [0.2, 0.25) is 0 Å². The van der Waals surface area contributed by atoms with Crippen LogP contribution in [-0.4, -0.2) is 37.1 Å². The molecule has 0 rings (SSSR count). The molecule has 0 bridgehead atoms. The van der Waals surface area contributed by atoms with Crippen LogP contribution in [0.1, 0.15) is 19.8 Å². The van der Waals surface area contributed by atoms with E-state index in [2.05, 4.69) is 10.1 Å². The standard InChI is InChI=1S/C9H16F3NO3/c1-7(5-14)3-2-4-13-8(15)16-6-9(10,11)12/h7,14H,2-6H2,1H3,(H,13,15). The molecule has 4 nitrogen and oxygen atoms in total. The van der Waals surface area contributed by atoms with Gasteiger partial charge in [-0.3, -0.25) is 0 Å². The van der Waals surface area contributed by atoms with E-state index in [0.717, 1.165) is 0 Å². The van der Waals surface area contributed by atoms with Crippen molar-refractivity contribution in [3.63, 3.8) is 0 Å². The normalized spacial score (nSPS) is 13.3. The highest BCUT2D eigenvalue weighted by molar-refractivity contribution is 5.67. The molecule has 1 unspecified atom stereocenters. The van der Waals surface area contributed by atoms with E-state index < -0.39 is 18.9 Å². The van der Waals surface area contributed by atoms with Gasteiger partial charge in [0.05, 0.1) is 0 Å². The summed E-state index contributed by atoms with van der Waals surface area (Å²) in [6.07, 6.45) is -4.30. The van der Waals surface area contributed by atoms with Gasteiger partial charge in [0.1, 0.15) is 0 Å². The van der Waals surface area contributed by atoms with Gasteiger partial charge in [-0.2, -0.15) is 13.2 Å². The smallest absolute Gasteiger partial charge is 0.422 e. The number of carbonyl (C=O) groups is 1. The summed E-state index contributed by atoms with van der Waals surface area (Å²) in [5, 5.41) is 10.9. The van der Waals surface area contributed by atoms with E-state index in [1.165, 1.54) is 0 Å². The van der Waals surface area contributed by atoms with E-state index in [-0.39, 0.29) is 19.1 Å². The molecule has 0 aliphatic heterocycles. The fourth-order valence-electron chi connectivity index (χ4n) is 0.931. The summed E-state index contributed by atoms with van der Waals surface area (Å²) in [6.45, 7) is 0.549. The molecule has 0 aromatic heterocycles. The molecule has 0 saturated carbocycles. The number of alkyl halides is 3. The van der Waals surface area contributed by atoms with Gasteiger partial charge in [0.15, 0.2) is 6.61 Å². The molecular weight excluding hydrogens is 227 g/mol. The van der Waals surface area contributed by atoms with Crippen LogP contribution in [0.4, 0.5) is 18.0 Å². The minimum absolute atomic E-state index is 0.0541. The van der Waals surface area contributed by atoms with Crippen molar-refractivity contribution >= 4 is 6.09 Å². The van der Waals surface area contributed by atoms with Crippen molar-refractivity contribution in [2.75, 3.05) is 19.8 Å². The van der Waals surface area contributed by atoms with Gasteiger partial charge in [0.25, 0.3) is 0 Å². The first-order valence-electron chi connectivity index (χ1n) is 4.93. The summed E-state index contributed by atoms with van der Waals surface area (Å²) in [4.78, 5) is 10.7. The minimum Gasteiger partial charge on any atom is -0.440 e. The zero-order chi connectivity index (χ0) is 12.6. The lowest BCUT2D eigenvalue weighted by atomic mass is 10.1. The Morgan fingerprint density at radius 1 is 1.50 bits per heavy atom. The molecule has 0 aliphatic rings. The molecule has 0 aromatic carbocycles. The van der Waals surface area contributed by atoms with Crippen molar-refractivity contribution in [3.8, 4) is 0 Å². The molecule has 1 atom stereocenters. The number of aliphatic hydroxyl groups is 1. The van der Waals surface area contributed by atoms with Crippen molar-refractivity contribution in [1.82, 2.24) is 5.32 Å². The van der Waals surface area contributed by atoms with Crippen LogP contribution in [0.3, 0.4) is 0 Å². The highest BCUT2D eigenvalue weighted by atomic mass is 19.4. The first-order chi connectivity index (χ1) is 7.35. The summed E-state index contributed by atoms with van der Waals surface area (Å²) in [6, 6.07) is 0. The van der Waals surface area contributed by atoms with Gasteiger partial charge in [0, 0.05) is 13.2 Å². The Kier molecular flexibility index (Phi) is 6.87. The molecule has 0 aromatic rings. The van der Waals surface area contributed by atoms with Gasteiger partial charge in [-0.25, -0.2) is 4.79 Å². The molecule has 0 spiro atoms. The summed E-state index contributed by atoms with van der Waals surface area (Å²) in [7, 11) is 0. The maximum atomic E-state index is 11.6. The van der Waals surface area contributed by atoms with Crippen molar-refractivity contribution in [2.24, 2.45) is 5.92 Å². The van der Waals surface area contributed by atoms with Crippen LogP contribution in [0.2, 0.25) is 0 Å². The molecule has 0 aliphatic carbocycles. The molecular formula is C9H16F3NO3. The van der Waals surface area contributed by atoms with Gasteiger partial charge < -0.3 is 15.2 Å². The maximum absolute atomic E-state index is 11.6. The number of nitrogens with one attached hydrogen (secondary N) is 1. The Morgan fingerprint density at radius 2 is 2.12 bits per heavy atom. The van der Waals surface area contributed by atoms with Crippen molar-refractivity contribution < 1.29 is 27.8 Å². The maximum Gasteiger partial charge on any atom is 0.422 e. The number of hydrogen-bond donors (Lipinski definition) is 2. The number of halogens is 3. The molecule has 2 N–H and O–H groups in total. The second-order valence-corrected chi connectivity index (χ2v) is 3.55. The minimum atomic E-state index is -4.50. The Bertz CT molecular complexity index is 209. The van der Waals surface area contributed by atoms with Crippen molar-refractivity contribution in [1.29, 1.82) is 0 Å². The third-order valence-corrected chi connectivity index (χ3v) is 1.82. The van der Waals surface area contributed by atoms with Gasteiger partial charge in [-0.1, -0.05) is 6.92 Å². The number of amides is 1. The summed E-state index contributed by atoms with van der Waals surface area (Å²) in [5.41, 5.74) is 0. The van der Waals surface area contributed by atoms with E-state index in [4.69, 9.17) is 5.11 Å². The molecule has 0 radical (unpaired) electrons. The largest absolute Gasteiger partial charge is 0.440 e. The third-order valence-electron chi connectivity index (χ3n) is 1.82. The van der Waals surface area contributed by atoms with E-state index in [0.29, 0.717) is 12.8 Å². The number of alkyl carbamates (subject to hydrolysis) is 1. The first kappa shape index (κ1) is 15.0. The summed E-state index contributed by atoms with van der Waals surface area (Å²) in [5.74, 6) is 0.119. The molecule has 0 fully saturated rings. The predicted molar refractivity (Wildman–Crippen MR) is 50.9 cm³/mol. The lowest BCUT2D eigenvalue weighted by Crippen LogP contribution is -2.29. The monoisotopic (exact) mass is 243 g/mol. The fraction of sp³-hybridized carbons (Fsp3) is 0.889. The topological polar surface area (TPSA) is 58.6 Å². The molecule has 0 heterocycles. The van der Waals surface area contributed by atoms with Crippen LogP contribution in [0, 0.1) is 5.92 Å². The number of ether oxygens (including phenoxy) is 1. The summed E-state index contributed by atoms with van der Waals surface area (Å²) >= 11 is 0. The van der Waals surface area contributed by atoms with Crippen LogP contribution in [0.25, 0.3) is 0 Å². The number of rotatable bonds is 6. The Morgan fingerprint density at radius 3 is 2.62 bits per heavy atom. The Labute approximate surface area is 91.8 Å². The van der Waals surface area contributed by atoms with Crippen LogP contribution in [-0.2, 0) is 4.74 Å². The van der Waals surface area contributed by atoms with Gasteiger partial charge in [-0.05, 0) is 18.8 Å². The SMILES string of the molecule is CC(CO)CCCNC(=O)OCC(F)(F)F. The summed E-state index contributed by atoms with van der Waals surface area (Å²) < 4.78 is 38.8. The molecule has 7 heteroatoms. The lowest BCUT2D eigenvalue weighted by Gasteiger charge is -2.10. The van der Waals surface area contributed by atoms with Crippen LogP contribution >= 0.6 is 0 Å². The Hall–Kier alpha value is -0.980. The van der Waals surface area contributed by atoms with E-state index >= 15 is 0 Å². The van der Waals surface area contributed by atoms with E-state index in [1.807, 2.05) is 6.92 Å². The average Bonchev–Trinajstić information content (AvgIpc) is 2.20. The average molecular weight is 243 g/mol. The van der Waals surface area contributed by atoms with Crippen LogP contribution < -0.4 is 5.32 Å². The highest BCUT2D eigenvalue weighted by Gasteiger charge is 2.29. The number of hydrogen-bond acceptors (Lipinski definition) is 3. The van der Waals surface area contributed by atoms with Crippen LogP contribution in [0.15, 0.2) is 0 Å². The zero-order valence-corrected chi connectivity index (χ0v) is 9.01. The Balaban J connectivity index is 3.45. The molecule has 0 saturated heterocycles. The van der Waals surface area contributed by atoms with E-state index in [1.54, 1.807) is 0 Å². The lowest BCUT2D eigenvalue weighted by molar-refractivity contribution is -0.160. The number of aliphatic hydroxyl groups excluding tert-OH is 1. The van der Waals surface area contributed by atoms with Crippen molar-refractivity contribution in [2.45, 2.75) is 25.9 Å². The molecule has 1 amide bonds. The number of carbonyl (C=O) groups excluding carboxylic acids is 1. The third kappa shape index (κ3) is 9.57. The second kappa shape index (κ2) is 7.32. The zero-order valence-electron chi connectivity index (χ0n) is 9.01. The predicted octanol–water partition coefficient (Wildman–Crippen LogP) is 1.68. The first-order valence-corrected chi connectivity index (χ1v) is 4.93.